The van der Waals surface area contributed by atoms with Crippen LogP contribution in [-0.4, -0.2) is 61.2 Å². The Kier molecular flexibility index (Phi) is 6.40. The van der Waals surface area contributed by atoms with Crippen LogP contribution in [0.1, 0.15) is 25.8 Å². The van der Waals surface area contributed by atoms with Crippen molar-refractivity contribution in [3.8, 4) is 0 Å². The molecule has 0 aliphatic carbocycles. The van der Waals surface area contributed by atoms with Crippen molar-refractivity contribution < 1.29 is 14.0 Å². The Hall–Kier alpha value is -1.39. The standard InChI is InChI=1S/C18H29N2O2/c1-3-20(16-17-8-6-5-7-9-17)14-12-19(13-15-20)11-10-18(21)22-4-2/h5-9H,3-4,10-16H2,1-2H3/q+1. The van der Waals surface area contributed by atoms with E-state index in [1.807, 2.05) is 6.92 Å². The van der Waals surface area contributed by atoms with Crippen molar-refractivity contribution in [1.29, 1.82) is 0 Å². The molecule has 0 amide bonds. The van der Waals surface area contributed by atoms with Gasteiger partial charge in [-0.25, -0.2) is 0 Å². The first-order valence-electron chi connectivity index (χ1n) is 8.44. The molecule has 22 heavy (non-hydrogen) atoms. The number of quaternary nitrogens is 1. The minimum atomic E-state index is -0.0754. The van der Waals surface area contributed by atoms with Gasteiger partial charge in [0.25, 0.3) is 0 Å². The second-order valence-corrected chi connectivity index (χ2v) is 6.15. The van der Waals surface area contributed by atoms with Crippen molar-refractivity contribution in [2.24, 2.45) is 0 Å². The molecule has 0 atom stereocenters. The van der Waals surface area contributed by atoms with E-state index in [0.717, 1.165) is 43.8 Å². The lowest BCUT2D eigenvalue weighted by atomic mass is 10.1. The normalized spacial score (nSPS) is 18.1. The van der Waals surface area contributed by atoms with Gasteiger partial charge in [-0.2, -0.15) is 0 Å². The molecular formula is C18H29N2O2+. The maximum Gasteiger partial charge on any atom is 0.307 e. The summed E-state index contributed by atoms with van der Waals surface area (Å²) >= 11 is 0. The van der Waals surface area contributed by atoms with Gasteiger partial charge in [0.15, 0.2) is 0 Å². The number of carbonyl (C=O) groups excluding carboxylic acids is 1. The van der Waals surface area contributed by atoms with Gasteiger partial charge in [0, 0.05) is 25.2 Å². The molecule has 4 nitrogen and oxygen atoms in total. The number of carbonyl (C=O) groups is 1. The average Bonchev–Trinajstić information content (AvgIpc) is 2.55. The lowest BCUT2D eigenvalue weighted by molar-refractivity contribution is -0.943. The van der Waals surface area contributed by atoms with E-state index in [9.17, 15) is 4.79 Å². The van der Waals surface area contributed by atoms with Crippen LogP contribution >= 0.6 is 0 Å². The Morgan fingerprint density at radius 3 is 2.45 bits per heavy atom. The van der Waals surface area contributed by atoms with Gasteiger partial charge in [0.1, 0.15) is 6.54 Å². The number of hydrogen-bond donors (Lipinski definition) is 0. The molecule has 0 N–H and O–H groups in total. The van der Waals surface area contributed by atoms with Crippen LogP contribution in [0.15, 0.2) is 30.3 Å². The lowest BCUT2D eigenvalue weighted by Crippen LogP contribution is -2.59. The van der Waals surface area contributed by atoms with E-state index in [0.29, 0.717) is 13.0 Å². The number of nitrogens with zero attached hydrogens (tertiary/aromatic N) is 2. The number of benzene rings is 1. The summed E-state index contributed by atoms with van der Waals surface area (Å²) < 4.78 is 6.16. The first kappa shape index (κ1) is 17.0. The molecule has 0 spiro atoms. The quantitative estimate of drug-likeness (QED) is 0.572. The maximum atomic E-state index is 11.5. The van der Waals surface area contributed by atoms with Crippen molar-refractivity contribution in [2.45, 2.75) is 26.8 Å². The summed E-state index contributed by atoms with van der Waals surface area (Å²) in [7, 11) is 0. The molecule has 0 bridgehead atoms. The monoisotopic (exact) mass is 305 g/mol. The van der Waals surface area contributed by atoms with Crippen molar-refractivity contribution in [1.82, 2.24) is 4.90 Å². The van der Waals surface area contributed by atoms with Gasteiger partial charge in [-0.3, -0.25) is 9.69 Å². The van der Waals surface area contributed by atoms with Gasteiger partial charge < -0.3 is 9.22 Å². The summed E-state index contributed by atoms with van der Waals surface area (Å²) in [4.78, 5) is 13.9. The molecule has 1 aliphatic rings. The minimum absolute atomic E-state index is 0.0754. The number of ether oxygens (including phenoxy) is 1. The number of hydrogen-bond acceptors (Lipinski definition) is 3. The molecule has 0 radical (unpaired) electrons. The second-order valence-electron chi connectivity index (χ2n) is 6.15. The molecule has 1 aromatic rings. The molecule has 2 rings (SSSR count). The van der Waals surface area contributed by atoms with Crippen molar-refractivity contribution in [3.05, 3.63) is 35.9 Å². The fraction of sp³-hybridized carbons (Fsp3) is 0.611. The van der Waals surface area contributed by atoms with E-state index in [1.165, 1.54) is 12.1 Å². The number of piperazine rings is 1. The summed E-state index contributed by atoms with van der Waals surface area (Å²) in [6, 6.07) is 10.8. The SMILES string of the molecule is CCOC(=O)CCN1CC[N+](CC)(Cc2ccccc2)CC1. The predicted octanol–water partition coefficient (Wildman–Crippen LogP) is 2.29. The number of esters is 1. The Morgan fingerprint density at radius 1 is 1.18 bits per heavy atom. The van der Waals surface area contributed by atoms with Crippen LogP contribution < -0.4 is 0 Å². The molecule has 122 valence electrons. The van der Waals surface area contributed by atoms with Crippen molar-refractivity contribution in [3.63, 3.8) is 0 Å². The van der Waals surface area contributed by atoms with E-state index < -0.39 is 0 Å². The molecule has 0 saturated carbocycles. The summed E-state index contributed by atoms with van der Waals surface area (Å²) in [5.74, 6) is -0.0754. The highest BCUT2D eigenvalue weighted by molar-refractivity contribution is 5.69. The summed E-state index contributed by atoms with van der Waals surface area (Å²) in [6.45, 7) is 12.2. The third kappa shape index (κ3) is 4.82. The molecule has 0 unspecified atom stereocenters. The summed E-state index contributed by atoms with van der Waals surface area (Å²) in [6.07, 6.45) is 0.513. The fourth-order valence-electron chi connectivity index (χ4n) is 3.19. The first-order valence-corrected chi connectivity index (χ1v) is 8.44. The zero-order valence-corrected chi connectivity index (χ0v) is 14.0. The van der Waals surface area contributed by atoms with Gasteiger partial charge in [0.05, 0.1) is 32.7 Å². The first-order chi connectivity index (χ1) is 10.7. The zero-order valence-electron chi connectivity index (χ0n) is 14.0. The smallest absolute Gasteiger partial charge is 0.307 e. The van der Waals surface area contributed by atoms with Crippen LogP contribution in [0.2, 0.25) is 0 Å². The molecule has 1 aromatic carbocycles. The minimum Gasteiger partial charge on any atom is -0.466 e. The molecule has 0 aromatic heterocycles. The molecule has 1 saturated heterocycles. The van der Waals surface area contributed by atoms with Crippen molar-refractivity contribution >= 4 is 5.97 Å². The zero-order chi connectivity index (χ0) is 15.8. The van der Waals surface area contributed by atoms with Gasteiger partial charge in [-0.1, -0.05) is 30.3 Å². The van der Waals surface area contributed by atoms with Crippen molar-refractivity contribution in [2.75, 3.05) is 45.9 Å². The van der Waals surface area contributed by atoms with E-state index >= 15 is 0 Å². The van der Waals surface area contributed by atoms with Crippen LogP contribution in [0, 0.1) is 0 Å². The predicted molar refractivity (Wildman–Crippen MR) is 88.4 cm³/mol. The molecule has 4 heteroatoms. The Bertz CT molecular complexity index is 453. The Morgan fingerprint density at radius 2 is 1.86 bits per heavy atom. The highest BCUT2D eigenvalue weighted by atomic mass is 16.5. The average molecular weight is 305 g/mol. The van der Waals surface area contributed by atoms with Gasteiger partial charge in [0.2, 0.25) is 0 Å². The lowest BCUT2D eigenvalue weighted by Gasteiger charge is -2.44. The molecule has 1 aliphatic heterocycles. The summed E-state index contributed by atoms with van der Waals surface area (Å²) in [5.41, 5.74) is 1.42. The topological polar surface area (TPSA) is 29.5 Å². The van der Waals surface area contributed by atoms with Crippen LogP contribution in [0.4, 0.5) is 0 Å². The van der Waals surface area contributed by atoms with Gasteiger partial charge in [-0.15, -0.1) is 0 Å². The molecule has 1 heterocycles. The van der Waals surface area contributed by atoms with Crippen LogP contribution in [0.5, 0.6) is 0 Å². The maximum absolute atomic E-state index is 11.5. The second kappa shape index (κ2) is 8.30. The summed E-state index contributed by atoms with van der Waals surface area (Å²) in [5, 5.41) is 0. The van der Waals surface area contributed by atoms with Crippen LogP contribution in [-0.2, 0) is 16.1 Å². The van der Waals surface area contributed by atoms with Gasteiger partial charge in [-0.05, 0) is 13.8 Å². The number of rotatable bonds is 7. The number of likely N-dealkylation sites (N-methyl/N-ethyl adjacent to an activating group) is 1. The van der Waals surface area contributed by atoms with E-state index in [2.05, 4.69) is 42.2 Å². The highest BCUT2D eigenvalue weighted by Crippen LogP contribution is 2.18. The van der Waals surface area contributed by atoms with Crippen LogP contribution in [0.25, 0.3) is 0 Å². The van der Waals surface area contributed by atoms with Gasteiger partial charge >= 0.3 is 5.97 Å². The van der Waals surface area contributed by atoms with E-state index in [-0.39, 0.29) is 5.97 Å². The third-order valence-corrected chi connectivity index (χ3v) is 4.75. The molecular weight excluding hydrogens is 276 g/mol. The highest BCUT2D eigenvalue weighted by Gasteiger charge is 2.31. The fourth-order valence-corrected chi connectivity index (χ4v) is 3.19. The van der Waals surface area contributed by atoms with E-state index in [4.69, 9.17) is 4.74 Å². The third-order valence-electron chi connectivity index (χ3n) is 4.75. The Balaban J connectivity index is 1.82. The Labute approximate surface area is 134 Å². The van der Waals surface area contributed by atoms with E-state index in [1.54, 1.807) is 0 Å². The molecule has 1 fully saturated rings. The largest absolute Gasteiger partial charge is 0.466 e. The van der Waals surface area contributed by atoms with Crippen LogP contribution in [0.3, 0.4) is 0 Å².